The van der Waals surface area contributed by atoms with E-state index >= 15 is 0 Å². The molecule has 0 radical (unpaired) electrons. The number of Topliss-reactive ketones (excluding diaryl/α,β-unsaturated/α-hetero) is 1. The number of carbonyl (C=O) groups excluding carboxylic acids is 1. The number of anilines is 1. The predicted octanol–water partition coefficient (Wildman–Crippen LogP) is 3.34. The van der Waals surface area contributed by atoms with Crippen LogP contribution in [0, 0.1) is 0 Å². The van der Waals surface area contributed by atoms with Gasteiger partial charge in [-0.15, -0.1) is 13.2 Å². The normalized spacial score (nSPS) is 19.4. The lowest BCUT2D eigenvalue weighted by atomic mass is 10.0. The number of hydrogen-bond acceptors (Lipinski definition) is 6. The highest BCUT2D eigenvalue weighted by molar-refractivity contribution is 5.90. The van der Waals surface area contributed by atoms with Crippen molar-refractivity contribution in [3.05, 3.63) is 42.6 Å². The highest BCUT2D eigenvalue weighted by atomic mass is 19.4. The fourth-order valence-electron chi connectivity index (χ4n) is 3.79. The maximum Gasteiger partial charge on any atom is 0.573 e. The molecule has 8 nitrogen and oxygen atoms in total. The molecule has 0 spiro atoms. The van der Waals surface area contributed by atoms with Crippen LogP contribution in [-0.4, -0.2) is 65.6 Å². The number of halogens is 3. The number of carbonyl (C=O) groups is 2. The highest BCUT2D eigenvalue weighted by Crippen LogP contribution is 2.28. The van der Waals surface area contributed by atoms with Crippen molar-refractivity contribution >= 4 is 17.7 Å². The Balaban J connectivity index is 1.82. The standard InChI is InChI=1S/C21H23F3N4O4/c1-14(29)20(25-2)13-27(10-3-11-28(20)19(30)31)18-9-6-16(12-26-18)15-4-7-17(8-5-15)32-21(22,23)24/h4-9,12,25H,3,10-11,13H2,1-2H3,(H,30,31). The van der Waals surface area contributed by atoms with Gasteiger partial charge in [0, 0.05) is 24.8 Å². The monoisotopic (exact) mass is 452 g/mol. The molecule has 2 heterocycles. The van der Waals surface area contributed by atoms with E-state index in [-0.39, 0.29) is 24.6 Å². The zero-order chi connectivity index (χ0) is 23.5. The van der Waals surface area contributed by atoms with Crippen molar-refractivity contribution in [1.82, 2.24) is 15.2 Å². The Morgan fingerprint density at radius 1 is 1.12 bits per heavy atom. The summed E-state index contributed by atoms with van der Waals surface area (Å²) < 4.78 is 40.8. The second-order valence-electron chi connectivity index (χ2n) is 7.35. The summed E-state index contributed by atoms with van der Waals surface area (Å²) in [6.07, 6.45) is -3.86. The number of likely N-dealkylation sites (N-methyl/N-ethyl adjacent to an activating group) is 1. The molecular weight excluding hydrogens is 429 g/mol. The molecule has 32 heavy (non-hydrogen) atoms. The predicted molar refractivity (Wildman–Crippen MR) is 110 cm³/mol. The summed E-state index contributed by atoms with van der Waals surface area (Å²) >= 11 is 0. The second-order valence-corrected chi connectivity index (χ2v) is 7.35. The zero-order valence-corrected chi connectivity index (χ0v) is 17.5. The number of aromatic nitrogens is 1. The molecule has 1 aliphatic heterocycles. The van der Waals surface area contributed by atoms with Crippen molar-refractivity contribution in [2.75, 3.05) is 31.6 Å². The van der Waals surface area contributed by atoms with Gasteiger partial charge in [0.05, 0.1) is 6.54 Å². The van der Waals surface area contributed by atoms with Gasteiger partial charge >= 0.3 is 12.5 Å². The summed E-state index contributed by atoms with van der Waals surface area (Å²) in [4.78, 5) is 31.6. The van der Waals surface area contributed by atoms with Gasteiger partial charge in [0.25, 0.3) is 0 Å². The molecule has 2 N–H and O–H groups in total. The van der Waals surface area contributed by atoms with Gasteiger partial charge in [-0.3, -0.25) is 15.0 Å². The molecule has 1 aromatic heterocycles. The van der Waals surface area contributed by atoms with Crippen molar-refractivity contribution in [1.29, 1.82) is 0 Å². The summed E-state index contributed by atoms with van der Waals surface area (Å²) in [7, 11) is 1.55. The minimum Gasteiger partial charge on any atom is -0.465 e. The van der Waals surface area contributed by atoms with Crippen molar-refractivity contribution in [2.24, 2.45) is 0 Å². The van der Waals surface area contributed by atoms with Crippen LogP contribution in [0.3, 0.4) is 0 Å². The van der Waals surface area contributed by atoms with Crippen LogP contribution in [0.4, 0.5) is 23.8 Å². The quantitative estimate of drug-likeness (QED) is 0.719. The van der Waals surface area contributed by atoms with Crippen LogP contribution >= 0.6 is 0 Å². The molecule has 1 fully saturated rings. The highest BCUT2D eigenvalue weighted by Gasteiger charge is 2.46. The van der Waals surface area contributed by atoms with Gasteiger partial charge in [0.1, 0.15) is 11.6 Å². The lowest BCUT2D eigenvalue weighted by Gasteiger charge is -2.40. The number of ketones is 1. The van der Waals surface area contributed by atoms with E-state index in [0.29, 0.717) is 29.9 Å². The van der Waals surface area contributed by atoms with Gasteiger partial charge < -0.3 is 14.7 Å². The molecule has 1 aromatic carbocycles. The largest absolute Gasteiger partial charge is 0.573 e. The number of alkyl halides is 3. The summed E-state index contributed by atoms with van der Waals surface area (Å²) in [6, 6.07) is 8.93. The molecule has 1 amide bonds. The Bertz CT molecular complexity index is 967. The minimum absolute atomic E-state index is 0.0843. The van der Waals surface area contributed by atoms with Crippen LogP contribution in [0.25, 0.3) is 11.1 Å². The molecule has 1 aliphatic rings. The van der Waals surface area contributed by atoms with E-state index in [1.54, 1.807) is 25.4 Å². The van der Waals surface area contributed by atoms with Crippen molar-refractivity contribution < 1.29 is 32.6 Å². The fourth-order valence-corrected chi connectivity index (χ4v) is 3.79. The molecule has 2 aromatic rings. The second kappa shape index (κ2) is 9.03. The Kier molecular flexibility index (Phi) is 6.58. The van der Waals surface area contributed by atoms with Crippen LogP contribution in [-0.2, 0) is 4.79 Å². The van der Waals surface area contributed by atoms with E-state index < -0.39 is 18.1 Å². The minimum atomic E-state index is -4.75. The first-order chi connectivity index (χ1) is 15.1. The number of amides is 1. The summed E-state index contributed by atoms with van der Waals surface area (Å²) in [6.45, 7) is 2.12. The van der Waals surface area contributed by atoms with Crippen molar-refractivity contribution in [2.45, 2.75) is 25.4 Å². The average molecular weight is 452 g/mol. The smallest absolute Gasteiger partial charge is 0.465 e. The Morgan fingerprint density at radius 3 is 2.28 bits per heavy atom. The zero-order valence-electron chi connectivity index (χ0n) is 17.5. The number of rotatable bonds is 5. The van der Waals surface area contributed by atoms with Crippen LogP contribution in [0.15, 0.2) is 42.6 Å². The third-order valence-corrected chi connectivity index (χ3v) is 5.41. The Labute approximate surface area is 182 Å². The van der Waals surface area contributed by atoms with Gasteiger partial charge in [-0.05, 0) is 50.2 Å². The summed E-state index contributed by atoms with van der Waals surface area (Å²) in [5.74, 6) is -0.0861. The number of hydrogen-bond donors (Lipinski definition) is 2. The van der Waals surface area contributed by atoms with Gasteiger partial charge in [-0.2, -0.15) is 0 Å². The molecular formula is C21H23F3N4O4. The van der Waals surface area contributed by atoms with Crippen LogP contribution in [0.1, 0.15) is 13.3 Å². The summed E-state index contributed by atoms with van der Waals surface area (Å²) in [5, 5.41) is 12.5. The first-order valence-corrected chi connectivity index (χ1v) is 9.83. The van der Waals surface area contributed by atoms with E-state index in [9.17, 15) is 27.9 Å². The SMILES string of the molecule is CNC1(C(C)=O)CN(c2ccc(-c3ccc(OC(F)(F)F)cc3)cn2)CCCN1C(=O)O. The van der Waals surface area contributed by atoms with E-state index in [0.717, 1.165) is 4.90 Å². The maximum atomic E-state index is 12.5. The Hall–Kier alpha value is -3.34. The number of nitrogens with one attached hydrogen (secondary N) is 1. The number of nitrogens with zero attached hydrogens (tertiary/aromatic N) is 3. The van der Waals surface area contributed by atoms with E-state index in [1.165, 1.54) is 31.2 Å². The van der Waals surface area contributed by atoms with E-state index in [4.69, 9.17) is 0 Å². The van der Waals surface area contributed by atoms with Gasteiger partial charge in [0.15, 0.2) is 11.4 Å². The van der Waals surface area contributed by atoms with Crippen LogP contribution in [0.2, 0.25) is 0 Å². The van der Waals surface area contributed by atoms with Crippen LogP contribution in [0.5, 0.6) is 5.75 Å². The molecule has 0 aliphatic carbocycles. The molecule has 0 bridgehead atoms. The first kappa shape index (κ1) is 23.3. The van der Waals surface area contributed by atoms with Gasteiger partial charge in [-0.25, -0.2) is 9.78 Å². The molecule has 1 unspecified atom stereocenters. The van der Waals surface area contributed by atoms with E-state index in [1.807, 2.05) is 4.90 Å². The third kappa shape index (κ3) is 4.93. The first-order valence-electron chi connectivity index (χ1n) is 9.83. The number of ether oxygens (including phenoxy) is 1. The van der Waals surface area contributed by atoms with Crippen molar-refractivity contribution in [3.8, 4) is 16.9 Å². The lowest BCUT2D eigenvalue weighted by Crippen LogP contribution is -2.67. The molecule has 172 valence electrons. The fraction of sp³-hybridized carbons (Fsp3) is 0.381. The number of benzene rings is 1. The Morgan fingerprint density at radius 2 is 1.78 bits per heavy atom. The number of pyridine rings is 1. The lowest BCUT2D eigenvalue weighted by molar-refractivity contribution is -0.274. The summed E-state index contributed by atoms with van der Waals surface area (Å²) in [5.41, 5.74) is -0.0719. The molecule has 3 rings (SSSR count). The van der Waals surface area contributed by atoms with Gasteiger partial charge in [0.2, 0.25) is 0 Å². The van der Waals surface area contributed by atoms with E-state index in [2.05, 4.69) is 15.0 Å². The topological polar surface area (TPSA) is 95.0 Å². The van der Waals surface area contributed by atoms with Gasteiger partial charge in [-0.1, -0.05) is 12.1 Å². The molecule has 1 saturated heterocycles. The van der Waals surface area contributed by atoms with Crippen molar-refractivity contribution in [3.63, 3.8) is 0 Å². The van der Waals surface area contributed by atoms with Crippen LogP contribution < -0.4 is 15.0 Å². The molecule has 1 atom stereocenters. The average Bonchev–Trinajstić information content (AvgIpc) is 2.94. The molecule has 0 saturated carbocycles. The maximum absolute atomic E-state index is 12.5. The third-order valence-electron chi connectivity index (χ3n) is 5.41. The molecule has 11 heteroatoms. The number of carboxylic acid groups (broad SMARTS) is 1.